The molecule has 1 aromatic rings. The van der Waals surface area contributed by atoms with Gasteiger partial charge in [-0.25, -0.2) is 4.98 Å². The van der Waals surface area contributed by atoms with Gasteiger partial charge in [-0.3, -0.25) is 0 Å². The van der Waals surface area contributed by atoms with Crippen LogP contribution in [0.15, 0.2) is 12.3 Å². The van der Waals surface area contributed by atoms with E-state index in [1.807, 2.05) is 0 Å². The summed E-state index contributed by atoms with van der Waals surface area (Å²) >= 11 is 10.8. The minimum absolute atomic E-state index is 0.0448. The molecular weight excluding hydrogens is 161 g/mol. The summed E-state index contributed by atoms with van der Waals surface area (Å²) in [4.78, 5) is 3.61. The van der Waals surface area contributed by atoms with E-state index in [1.165, 1.54) is 12.3 Å². The van der Waals surface area contributed by atoms with Crippen LogP contribution in [0.25, 0.3) is 0 Å². The molecule has 0 unspecified atom stereocenters. The topological polar surface area (TPSA) is 33.1 Å². The third-order valence-corrected chi connectivity index (χ3v) is 1.58. The molecule has 0 aromatic carbocycles. The van der Waals surface area contributed by atoms with Gasteiger partial charge in [-0.2, -0.15) is 0 Å². The second kappa shape index (κ2) is 2.42. The molecule has 1 rings (SSSR count). The number of nitrogens with zero attached hydrogens (tertiary/aromatic N) is 1. The Hall–Kier alpha value is -0.470. The predicted octanol–water partition coefficient (Wildman–Crippen LogP) is 2.09. The summed E-state index contributed by atoms with van der Waals surface area (Å²) in [6.07, 6.45) is 1.38. The standard InChI is InChI=1S/C5H3Cl2NO/c6-4-3(9)1-2-8-5(4)7/h1-2H,(H,8,9). The van der Waals surface area contributed by atoms with E-state index in [9.17, 15) is 0 Å². The van der Waals surface area contributed by atoms with Crippen LogP contribution in [0.4, 0.5) is 0 Å². The van der Waals surface area contributed by atoms with Gasteiger partial charge < -0.3 is 5.11 Å². The van der Waals surface area contributed by atoms with Crippen LogP contribution >= 0.6 is 23.2 Å². The van der Waals surface area contributed by atoms with Crippen LogP contribution in [0.2, 0.25) is 10.2 Å². The quantitative estimate of drug-likeness (QED) is 0.595. The summed E-state index contributed by atoms with van der Waals surface area (Å²) in [6, 6.07) is 1.37. The Kier molecular flexibility index (Phi) is 1.78. The zero-order chi connectivity index (χ0) is 6.85. The van der Waals surface area contributed by atoms with Crippen LogP contribution in [0, 0.1) is 0 Å². The minimum atomic E-state index is -0.0448. The maximum absolute atomic E-state index is 8.84. The van der Waals surface area contributed by atoms with E-state index in [0.29, 0.717) is 0 Å². The monoisotopic (exact) mass is 163 g/mol. The van der Waals surface area contributed by atoms with Crippen molar-refractivity contribution in [2.45, 2.75) is 0 Å². The molecule has 0 saturated carbocycles. The summed E-state index contributed by atoms with van der Waals surface area (Å²) in [5.41, 5.74) is 0. The molecule has 0 aliphatic carbocycles. The Bertz CT molecular complexity index is 206. The highest BCUT2D eigenvalue weighted by Gasteiger charge is 2.01. The summed E-state index contributed by atoms with van der Waals surface area (Å²) in [7, 11) is 0. The second-order valence-electron chi connectivity index (χ2n) is 1.43. The van der Waals surface area contributed by atoms with Crippen LogP contribution in [0.1, 0.15) is 0 Å². The molecule has 4 heteroatoms. The Labute approximate surface area is 62.1 Å². The summed E-state index contributed by atoms with van der Waals surface area (Å²) in [6.45, 7) is 0. The van der Waals surface area contributed by atoms with E-state index in [2.05, 4.69) is 4.98 Å². The van der Waals surface area contributed by atoms with Gasteiger partial charge in [0, 0.05) is 6.20 Å². The molecule has 1 N–H and O–H groups in total. The van der Waals surface area contributed by atoms with Crippen molar-refractivity contribution in [1.82, 2.24) is 4.98 Å². The molecule has 0 fully saturated rings. The van der Waals surface area contributed by atoms with Crippen LogP contribution in [0.3, 0.4) is 0 Å². The molecule has 0 radical (unpaired) electrons. The van der Waals surface area contributed by atoms with Gasteiger partial charge in [0.2, 0.25) is 0 Å². The normalized spacial score (nSPS) is 9.56. The first-order chi connectivity index (χ1) is 4.22. The number of rotatable bonds is 0. The lowest BCUT2D eigenvalue weighted by Crippen LogP contribution is -1.74. The highest BCUT2D eigenvalue weighted by atomic mass is 35.5. The smallest absolute Gasteiger partial charge is 0.151 e. The molecule has 0 aliphatic rings. The highest BCUT2D eigenvalue weighted by Crippen LogP contribution is 2.27. The van der Waals surface area contributed by atoms with Gasteiger partial charge in [0.1, 0.15) is 10.8 Å². The molecule has 9 heavy (non-hydrogen) atoms. The Balaban J connectivity index is 3.25. The first-order valence-electron chi connectivity index (χ1n) is 2.21. The lowest BCUT2D eigenvalue weighted by molar-refractivity contribution is 0.475. The van der Waals surface area contributed by atoms with Crippen molar-refractivity contribution in [3.63, 3.8) is 0 Å². The molecule has 1 aromatic heterocycles. The molecule has 0 atom stereocenters. The molecule has 0 saturated heterocycles. The zero-order valence-corrected chi connectivity index (χ0v) is 5.82. The van der Waals surface area contributed by atoms with Crippen molar-refractivity contribution in [3.05, 3.63) is 22.4 Å². The molecule has 0 amide bonds. The Morgan fingerprint density at radius 1 is 1.44 bits per heavy atom. The van der Waals surface area contributed by atoms with Crippen molar-refractivity contribution in [2.24, 2.45) is 0 Å². The first kappa shape index (κ1) is 6.65. The molecule has 1 heterocycles. The summed E-state index contributed by atoms with van der Waals surface area (Å²) < 4.78 is 0. The Morgan fingerprint density at radius 3 is 2.56 bits per heavy atom. The average molecular weight is 164 g/mol. The summed E-state index contributed by atoms with van der Waals surface area (Å²) in [5.74, 6) is -0.0448. The van der Waals surface area contributed by atoms with Gasteiger partial charge >= 0.3 is 0 Å². The van der Waals surface area contributed by atoms with Crippen LogP contribution in [-0.4, -0.2) is 10.1 Å². The van der Waals surface area contributed by atoms with Crippen molar-refractivity contribution >= 4 is 23.2 Å². The molecule has 48 valence electrons. The average Bonchev–Trinajstić information content (AvgIpc) is 1.83. The second-order valence-corrected chi connectivity index (χ2v) is 2.17. The third-order valence-electron chi connectivity index (χ3n) is 0.826. The number of hydrogen-bond acceptors (Lipinski definition) is 2. The van der Waals surface area contributed by atoms with E-state index in [0.717, 1.165) is 0 Å². The zero-order valence-electron chi connectivity index (χ0n) is 4.31. The molecular formula is C5H3Cl2NO. The van der Waals surface area contributed by atoms with Crippen LogP contribution < -0.4 is 0 Å². The van der Waals surface area contributed by atoms with Gasteiger partial charge in [0.05, 0.1) is 0 Å². The van der Waals surface area contributed by atoms with Crippen molar-refractivity contribution in [2.75, 3.05) is 0 Å². The van der Waals surface area contributed by atoms with Crippen molar-refractivity contribution < 1.29 is 5.11 Å². The number of halogens is 2. The molecule has 2 nitrogen and oxygen atoms in total. The number of hydrogen-bond donors (Lipinski definition) is 1. The third kappa shape index (κ3) is 1.26. The fourth-order valence-corrected chi connectivity index (χ4v) is 0.674. The van der Waals surface area contributed by atoms with Crippen molar-refractivity contribution in [1.29, 1.82) is 0 Å². The Morgan fingerprint density at radius 2 is 2.11 bits per heavy atom. The maximum Gasteiger partial charge on any atom is 0.151 e. The fraction of sp³-hybridized carbons (Fsp3) is 0. The largest absolute Gasteiger partial charge is 0.506 e. The summed E-state index contributed by atoms with van der Waals surface area (Å²) in [5, 5.41) is 9.06. The number of aromatic hydroxyl groups is 1. The fourth-order valence-electron chi connectivity index (χ4n) is 0.409. The number of aromatic nitrogens is 1. The van der Waals surface area contributed by atoms with Gasteiger partial charge in [0.15, 0.2) is 5.15 Å². The van der Waals surface area contributed by atoms with E-state index in [4.69, 9.17) is 28.3 Å². The van der Waals surface area contributed by atoms with Crippen LogP contribution in [0.5, 0.6) is 5.75 Å². The van der Waals surface area contributed by atoms with E-state index in [1.54, 1.807) is 0 Å². The lowest BCUT2D eigenvalue weighted by Gasteiger charge is -1.94. The maximum atomic E-state index is 8.84. The van der Waals surface area contributed by atoms with Gasteiger partial charge in [-0.15, -0.1) is 0 Å². The van der Waals surface area contributed by atoms with Gasteiger partial charge in [-0.1, -0.05) is 23.2 Å². The minimum Gasteiger partial charge on any atom is -0.506 e. The van der Waals surface area contributed by atoms with E-state index < -0.39 is 0 Å². The number of pyridine rings is 1. The first-order valence-corrected chi connectivity index (χ1v) is 2.96. The SMILES string of the molecule is Oc1ccnc(Cl)c1Cl. The van der Waals surface area contributed by atoms with Gasteiger partial charge in [-0.05, 0) is 6.07 Å². The van der Waals surface area contributed by atoms with E-state index in [-0.39, 0.29) is 15.9 Å². The van der Waals surface area contributed by atoms with Gasteiger partial charge in [0.25, 0.3) is 0 Å². The molecule has 0 spiro atoms. The highest BCUT2D eigenvalue weighted by molar-refractivity contribution is 6.42. The van der Waals surface area contributed by atoms with Crippen LogP contribution in [-0.2, 0) is 0 Å². The predicted molar refractivity (Wildman–Crippen MR) is 35.9 cm³/mol. The molecule has 0 bridgehead atoms. The van der Waals surface area contributed by atoms with E-state index >= 15 is 0 Å². The lowest BCUT2D eigenvalue weighted by atomic mass is 10.5. The molecule has 0 aliphatic heterocycles. The van der Waals surface area contributed by atoms with Crippen molar-refractivity contribution in [3.8, 4) is 5.75 Å².